The molecule has 1 aliphatic heterocycles. The van der Waals surface area contributed by atoms with Crippen LogP contribution in [-0.2, 0) is 16.1 Å². The number of nitrogens with one attached hydrogen (secondary N) is 1. The number of hydrogen-bond acceptors (Lipinski definition) is 5. The average molecular weight is 401 g/mol. The van der Waals surface area contributed by atoms with Crippen molar-refractivity contribution in [2.45, 2.75) is 6.54 Å². The molecule has 1 aromatic carbocycles. The van der Waals surface area contributed by atoms with Crippen LogP contribution >= 0.6 is 15.9 Å². The highest BCUT2D eigenvalue weighted by atomic mass is 79.9. The Morgan fingerprint density at radius 3 is 2.60 bits per heavy atom. The first kappa shape index (κ1) is 17.0. The number of halogens is 1. The van der Waals surface area contributed by atoms with Crippen LogP contribution in [0.1, 0.15) is 5.69 Å². The molecular formula is C17H13BrN4O3. The third-order valence-corrected chi connectivity index (χ3v) is 4.05. The SMILES string of the molecule is O=C1NC(=O)N(c2ccc(Br)cc2)C(=O)[C@H]1C=NCc1ccccn1. The zero-order valence-electron chi connectivity index (χ0n) is 12.9. The van der Waals surface area contributed by atoms with E-state index in [1.807, 2.05) is 6.07 Å². The highest BCUT2D eigenvalue weighted by molar-refractivity contribution is 9.10. The van der Waals surface area contributed by atoms with Gasteiger partial charge >= 0.3 is 6.03 Å². The molecule has 1 aromatic heterocycles. The molecule has 1 aliphatic rings. The molecule has 0 spiro atoms. The smallest absolute Gasteiger partial charge is 0.290 e. The van der Waals surface area contributed by atoms with Gasteiger partial charge in [0.05, 0.1) is 17.9 Å². The quantitative estimate of drug-likeness (QED) is 0.629. The van der Waals surface area contributed by atoms with Gasteiger partial charge in [0, 0.05) is 16.9 Å². The topological polar surface area (TPSA) is 91.7 Å². The van der Waals surface area contributed by atoms with Crippen LogP contribution in [0.25, 0.3) is 0 Å². The molecule has 1 N–H and O–H groups in total. The molecule has 3 rings (SSSR count). The van der Waals surface area contributed by atoms with Crippen molar-refractivity contribution in [1.29, 1.82) is 0 Å². The van der Waals surface area contributed by atoms with E-state index in [4.69, 9.17) is 0 Å². The molecule has 0 radical (unpaired) electrons. The maximum Gasteiger partial charge on any atom is 0.335 e. The number of imide groups is 2. The van der Waals surface area contributed by atoms with Crippen molar-refractivity contribution in [2.24, 2.45) is 10.9 Å². The summed E-state index contributed by atoms with van der Waals surface area (Å²) < 4.78 is 0.811. The third kappa shape index (κ3) is 3.80. The zero-order chi connectivity index (χ0) is 17.8. The lowest BCUT2D eigenvalue weighted by Crippen LogP contribution is -2.58. The molecule has 2 heterocycles. The van der Waals surface area contributed by atoms with Gasteiger partial charge in [-0.2, -0.15) is 0 Å². The summed E-state index contributed by atoms with van der Waals surface area (Å²) in [5.41, 5.74) is 1.09. The lowest BCUT2D eigenvalue weighted by molar-refractivity contribution is -0.131. The van der Waals surface area contributed by atoms with Crippen molar-refractivity contribution < 1.29 is 14.4 Å². The maximum absolute atomic E-state index is 12.6. The Kier molecular flexibility index (Phi) is 4.99. The minimum absolute atomic E-state index is 0.240. The molecule has 8 heteroatoms. The van der Waals surface area contributed by atoms with E-state index in [0.29, 0.717) is 11.4 Å². The molecule has 2 aromatic rings. The van der Waals surface area contributed by atoms with E-state index in [-0.39, 0.29) is 6.54 Å². The Morgan fingerprint density at radius 2 is 1.92 bits per heavy atom. The molecule has 25 heavy (non-hydrogen) atoms. The molecule has 0 bridgehead atoms. The minimum Gasteiger partial charge on any atom is -0.290 e. The predicted octanol–water partition coefficient (Wildman–Crippen LogP) is 2.31. The molecule has 0 unspecified atom stereocenters. The number of amides is 4. The first-order chi connectivity index (χ1) is 12.1. The number of anilines is 1. The predicted molar refractivity (Wildman–Crippen MR) is 95.1 cm³/mol. The Bertz CT molecular complexity index is 837. The average Bonchev–Trinajstić information content (AvgIpc) is 2.60. The van der Waals surface area contributed by atoms with Gasteiger partial charge in [0.15, 0.2) is 5.92 Å². The van der Waals surface area contributed by atoms with Crippen molar-refractivity contribution in [3.63, 3.8) is 0 Å². The van der Waals surface area contributed by atoms with Gasteiger partial charge in [-0.25, -0.2) is 9.69 Å². The van der Waals surface area contributed by atoms with E-state index >= 15 is 0 Å². The van der Waals surface area contributed by atoms with E-state index in [2.05, 4.69) is 31.2 Å². The standard InChI is InChI=1S/C17H13BrN4O3/c18-11-4-6-13(7-5-11)22-16(24)14(15(23)21-17(22)25)10-19-9-12-3-1-2-8-20-12/h1-8,10,14H,9H2,(H,21,23,25)/t14-/m0/s1. The summed E-state index contributed by atoms with van der Waals surface area (Å²) in [6, 6.07) is 11.3. The first-order valence-corrected chi connectivity index (χ1v) is 8.20. The van der Waals surface area contributed by atoms with Crippen molar-refractivity contribution in [3.8, 4) is 0 Å². The highest BCUT2D eigenvalue weighted by Crippen LogP contribution is 2.22. The Labute approximate surface area is 151 Å². The number of aliphatic imine (C=N–C) groups is 1. The van der Waals surface area contributed by atoms with Crippen LogP contribution in [0.15, 0.2) is 58.1 Å². The number of benzene rings is 1. The molecular weight excluding hydrogens is 388 g/mol. The second-order valence-corrected chi connectivity index (χ2v) is 6.15. The number of pyridine rings is 1. The highest BCUT2D eigenvalue weighted by Gasteiger charge is 2.40. The van der Waals surface area contributed by atoms with Crippen LogP contribution in [0.4, 0.5) is 10.5 Å². The lowest BCUT2D eigenvalue weighted by Gasteiger charge is -2.28. The van der Waals surface area contributed by atoms with Gasteiger partial charge in [-0.05, 0) is 36.4 Å². The fourth-order valence-corrected chi connectivity index (χ4v) is 2.56. The number of nitrogens with zero attached hydrogens (tertiary/aromatic N) is 3. The molecule has 4 amide bonds. The number of rotatable bonds is 4. The fraction of sp³-hybridized carbons (Fsp3) is 0.118. The molecule has 0 aliphatic carbocycles. The molecule has 0 saturated carbocycles. The van der Waals surface area contributed by atoms with E-state index < -0.39 is 23.8 Å². The second-order valence-electron chi connectivity index (χ2n) is 5.23. The van der Waals surface area contributed by atoms with Crippen LogP contribution in [0.2, 0.25) is 0 Å². The van der Waals surface area contributed by atoms with Crippen LogP contribution in [0.5, 0.6) is 0 Å². The number of urea groups is 1. The summed E-state index contributed by atoms with van der Waals surface area (Å²) in [6.07, 6.45) is 2.89. The summed E-state index contributed by atoms with van der Waals surface area (Å²) in [4.78, 5) is 45.8. The Hall–Kier alpha value is -2.87. The fourth-order valence-electron chi connectivity index (χ4n) is 2.30. The van der Waals surface area contributed by atoms with Crippen LogP contribution in [-0.4, -0.2) is 29.0 Å². The van der Waals surface area contributed by atoms with Gasteiger partial charge < -0.3 is 0 Å². The van der Waals surface area contributed by atoms with Gasteiger partial charge in [0.25, 0.3) is 5.91 Å². The maximum atomic E-state index is 12.6. The minimum atomic E-state index is -1.16. The van der Waals surface area contributed by atoms with Crippen molar-refractivity contribution in [1.82, 2.24) is 10.3 Å². The van der Waals surface area contributed by atoms with E-state index in [1.165, 1.54) is 6.21 Å². The number of hydrogen-bond donors (Lipinski definition) is 1. The van der Waals surface area contributed by atoms with Crippen molar-refractivity contribution in [2.75, 3.05) is 4.90 Å². The van der Waals surface area contributed by atoms with E-state index in [0.717, 1.165) is 9.37 Å². The van der Waals surface area contributed by atoms with Gasteiger partial charge in [0.2, 0.25) is 5.91 Å². The second kappa shape index (κ2) is 7.35. The van der Waals surface area contributed by atoms with Crippen LogP contribution < -0.4 is 10.2 Å². The number of carbonyl (C=O) groups excluding carboxylic acids is 3. The largest absolute Gasteiger partial charge is 0.335 e. The normalized spacial score (nSPS) is 17.9. The number of aromatic nitrogens is 1. The Balaban J connectivity index is 1.79. The lowest BCUT2D eigenvalue weighted by atomic mass is 10.1. The summed E-state index contributed by atoms with van der Waals surface area (Å²) in [5, 5.41) is 2.18. The third-order valence-electron chi connectivity index (χ3n) is 3.52. The monoisotopic (exact) mass is 400 g/mol. The first-order valence-electron chi connectivity index (χ1n) is 7.40. The molecule has 1 atom stereocenters. The van der Waals surface area contributed by atoms with Gasteiger partial charge in [-0.3, -0.25) is 24.9 Å². The van der Waals surface area contributed by atoms with Crippen molar-refractivity contribution in [3.05, 3.63) is 58.8 Å². The summed E-state index contributed by atoms with van der Waals surface area (Å²) in [6.45, 7) is 0.240. The molecule has 1 fully saturated rings. The Morgan fingerprint density at radius 1 is 1.16 bits per heavy atom. The van der Waals surface area contributed by atoms with Gasteiger partial charge in [0.1, 0.15) is 0 Å². The van der Waals surface area contributed by atoms with Crippen molar-refractivity contribution >= 4 is 45.7 Å². The van der Waals surface area contributed by atoms with Gasteiger partial charge in [-0.1, -0.05) is 22.0 Å². The molecule has 126 valence electrons. The molecule has 1 saturated heterocycles. The number of barbiturate groups is 1. The molecule has 7 nitrogen and oxygen atoms in total. The van der Waals surface area contributed by atoms with Gasteiger partial charge in [-0.15, -0.1) is 0 Å². The van der Waals surface area contributed by atoms with Crippen LogP contribution in [0.3, 0.4) is 0 Å². The summed E-state index contributed by atoms with van der Waals surface area (Å²) in [7, 11) is 0. The van der Waals surface area contributed by atoms with E-state index in [9.17, 15) is 14.4 Å². The van der Waals surface area contributed by atoms with Crippen LogP contribution in [0, 0.1) is 5.92 Å². The van der Waals surface area contributed by atoms with E-state index in [1.54, 1.807) is 42.6 Å². The zero-order valence-corrected chi connectivity index (χ0v) is 14.5. The summed E-state index contributed by atoms with van der Waals surface area (Å²) >= 11 is 3.29. The summed E-state index contributed by atoms with van der Waals surface area (Å²) in [5.74, 6) is -2.49. The number of carbonyl (C=O) groups is 3.